The van der Waals surface area contributed by atoms with Gasteiger partial charge in [0.25, 0.3) is 0 Å². The lowest BCUT2D eigenvalue weighted by Crippen LogP contribution is -2.42. The first-order chi connectivity index (χ1) is 12.4. The lowest BCUT2D eigenvalue weighted by Gasteiger charge is -2.30. The minimum atomic E-state index is -0.932. The molecule has 2 amide bonds. The molecule has 0 saturated carbocycles. The summed E-state index contributed by atoms with van der Waals surface area (Å²) < 4.78 is 26.5. The molecule has 1 aliphatic heterocycles. The number of nitrogens with zero attached hydrogens (tertiary/aromatic N) is 1. The van der Waals surface area contributed by atoms with Crippen molar-refractivity contribution in [2.45, 2.75) is 12.8 Å². The fourth-order valence-electron chi connectivity index (χ4n) is 2.98. The number of piperidine rings is 1. The number of benzene rings is 2. The summed E-state index contributed by atoms with van der Waals surface area (Å²) in [6.45, 7) is 0.761. The number of carboxylic acids is 1. The number of hydrogen-bond acceptors (Lipinski definition) is 2. The summed E-state index contributed by atoms with van der Waals surface area (Å²) >= 11 is 0. The standard InChI is InChI=1S/C19H18F2N2O3/c20-16-5-4-14(11-17(16)21)13-2-1-3-15(10-13)22-19(26)23-8-6-12(7-9-23)18(24)25/h1-5,10-12H,6-9H2,(H,22,26)(H,24,25). The Kier molecular flexibility index (Phi) is 5.16. The van der Waals surface area contributed by atoms with Gasteiger partial charge in [-0.05, 0) is 48.2 Å². The second-order valence-electron chi connectivity index (χ2n) is 6.24. The molecule has 2 N–H and O–H groups in total. The van der Waals surface area contributed by atoms with E-state index in [1.165, 1.54) is 6.07 Å². The number of likely N-dealkylation sites (tertiary alicyclic amines) is 1. The number of carboxylic acid groups (broad SMARTS) is 1. The molecule has 1 aliphatic rings. The number of anilines is 1. The number of nitrogens with one attached hydrogen (secondary N) is 1. The van der Waals surface area contributed by atoms with Crippen molar-refractivity contribution in [1.82, 2.24) is 4.90 Å². The van der Waals surface area contributed by atoms with Crippen LogP contribution in [0.25, 0.3) is 11.1 Å². The number of amides is 2. The first-order valence-electron chi connectivity index (χ1n) is 8.28. The minimum absolute atomic E-state index is 0.309. The monoisotopic (exact) mass is 360 g/mol. The van der Waals surface area contributed by atoms with E-state index in [9.17, 15) is 18.4 Å². The highest BCUT2D eigenvalue weighted by Gasteiger charge is 2.26. The van der Waals surface area contributed by atoms with Crippen LogP contribution in [0.1, 0.15) is 12.8 Å². The van der Waals surface area contributed by atoms with Crippen molar-refractivity contribution in [3.05, 3.63) is 54.1 Å². The fraction of sp³-hybridized carbons (Fsp3) is 0.263. The number of carbonyl (C=O) groups is 2. The van der Waals surface area contributed by atoms with E-state index in [1.54, 1.807) is 29.2 Å². The zero-order valence-electron chi connectivity index (χ0n) is 13.9. The predicted molar refractivity (Wildman–Crippen MR) is 92.7 cm³/mol. The lowest BCUT2D eigenvalue weighted by molar-refractivity contribution is -0.143. The van der Waals surface area contributed by atoms with E-state index in [4.69, 9.17) is 5.11 Å². The number of aliphatic carboxylic acids is 1. The van der Waals surface area contributed by atoms with E-state index in [1.807, 2.05) is 0 Å². The third-order valence-corrected chi connectivity index (χ3v) is 4.50. The average molecular weight is 360 g/mol. The summed E-state index contributed by atoms with van der Waals surface area (Å²) in [5, 5.41) is 11.8. The number of hydrogen-bond donors (Lipinski definition) is 2. The molecular weight excluding hydrogens is 342 g/mol. The quantitative estimate of drug-likeness (QED) is 0.870. The Bertz CT molecular complexity index is 833. The van der Waals surface area contributed by atoms with Gasteiger partial charge in [0.2, 0.25) is 0 Å². The van der Waals surface area contributed by atoms with Crippen molar-refractivity contribution in [1.29, 1.82) is 0 Å². The molecule has 1 saturated heterocycles. The number of urea groups is 1. The van der Waals surface area contributed by atoms with E-state index in [-0.39, 0.29) is 6.03 Å². The van der Waals surface area contributed by atoms with Crippen LogP contribution in [0.2, 0.25) is 0 Å². The Balaban J connectivity index is 1.68. The molecule has 0 unspecified atom stereocenters. The molecule has 0 bridgehead atoms. The number of rotatable bonds is 3. The van der Waals surface area contributed by atoms with Crippen molar-refractivity contribution in [2.75, 3.05) is 18.4 Å². The molecule has 2 aromatic carbocycles. The second kappa shape index (κ2) is 7.51. The van der Waals surface area contributed by atoms with Crippen LogP contribution in [0.15, 0.2) is 42.5 Å². The van der Waals surface area contributed by atoms with Crippen molar-refractivity contribution in [3.8, 4) is 11.1 Å². The van der Waals surface area contributed by atoms with E-state index < -0.39 is 23.5 Å². The van der Waals surface area contributed by atoms with Crippen molar-refractivity contribution in [3.63, 3.8) is 0 Å². The third kappa shape index (κ3) is 3.99. The van der Waals surface area contributed by atoms with Crippen LogP contribution in [0.3, 0.4) is 0 Å². The van der Waals surface area contributed by atoms with Crippen LogP contribution in [-0.4, -0.2) is 35.1 Å². The summed E-state index contributed by atoms with van der Waals surface area (Å²) in [6, 6.07) is 10.1. The highest BCUT2D eigenvalue weighted by molar-refractivity contribution is 5.90. The molecule has 7 heteroatoms. The van der Waals surface area contributed by atoms with Gasteiger partial charge in [0.15, 0.2) is 11.6 Å². The van der Waals surface area contributed by atoms with Gasteiger partial charge in [-0.2, -0.15) is 0 Å². The Morgan fingerprint density at radius 3 is 2.35 bits per heavy atom. The molecule has 3 rings (SSSR count). The molecule has 0 spiro atoms. The van der Waals surface area contributed by atoms with E-state index in [2.05, 4.69) is 5.32 Å². The molecule has 136 valence electrons. The Hall–Kier alpha value is -2.96. The molecule has 0 radical (unpaired) electrons. The molecule has 0 aromatic heterocycles. The lowest BCUT2D eigenvalue weighted by atomic mass is 9.97. The van der Waals surface area contributed by atoms with Gasteiger partial charge in [0.1, 0.15) is 0 Å². The summed E-state index contributed by atoms with van der Waals surface area (Å²) in [4.78, 5) is 24.9. The maximum Gasteiger partial charge on any atom is 0.321 e. The summed E-state index contributed by atoms with van der Waals surface area (Å²) in [7, 11) is 0. The van der Waals surface area contributed by atoms with Crippen LogP contribution < -0.4 is 5.32 Å². The Morgan fingerprint density at radius 2 is 1.69 bits per heavy atom. The summed E-state index contributed by atoms with van der Waals surface area (Å²) in [5.74, 6) is -3.08. The van der Waals surface area contributed by atoms with Crippen molar-refractivity contribution >= 4 is 17.7 Å². The summed E-state index contributed by atoms with van der Waals surface area (Å²) in [6.07, 6.45) is 0.856. The third-order valence-electron chi connectivity index (χ3n) is 4.50. The SMILES string of the molecule is O=C(O)C1CCN(C(=O)Nc2cccc(-c3ccc(F)c(F)c3)c2)CC1. The molecular formula is C19H18F2N2O3. The number of halogens is 2. The van der Waals surface area contributed by atoms with Gasteiger partial charge in [-0.3, -0.25) is 4.79 Å². The average Bonchev–Trinajstić information content (AvgIpc) is 2.64. The predicted octanol–water partition coefficient (Wildman–Crippen LogP) is 3.96. The minimum Gasteiger partial charge on any atom is -0.481 e. The Labute approximate surface area is 149 Å². The van der Waals surface area contributed by atoms with Crippen LogP contribution in [0, 0.1) is 17.6 Å². The number of carbonyl (C=O) groups excluding carboxylic acids is 1. The molecule has 2 aromatic rings. The molecule has 0 aliphatic carbocycles. The smallest absolute Gasteiger partial charge is 0.321 e. The second-order valence-corrected chi connectivity index (χ2v) is 6.24. The normalized spacial score (nSPS) is 14.9. The first kappa shape index (κ1) is 17.8. The van der Waals surface area contributed by atoms with Crippen LogP contribution in [0.5, 0.6) is 0 Å². The van der Waals surface area contributed by atoms with E-state index >= 15 is 0 Å². The molecule has 0 atom stereocenters. The van der Waals surface area contributed by atoms with Gasteiger partial charge < -0.3 is 15.3 Å². The zero-order valence-corrected chi connectivity index (χ0v) is 13.9. The maximum absolute atomic E-state index is 13.4. The first-order valence-corrected chi connectivity index (χ1v) is 8.28. The van der Waals surface area contributed by atoms with E-state index in [0.29, 0.717) is 42.7 Å². The van der Waals surface area contributed by atoms with Crippen LogP contribution >= 0.6 is 0 Å². The van der Waals surface area contributed by atoms with Gasteiger partial charge in [0, 0.05) is 18.8 Å². The van der Waals surface area contributed by atoms with Crippen LogP contribution in [0.4, 0.5) is 19.3 Å². The fourth-order valence-corrected chi connectivity index (χ4v) is 2.98. The van der Waals surface area contributed by atoms with Gasteiger partial charge in [0.05, 0.1) is 5.92 Å². The highest BCUT2D eigenvalue weighted by Crippen LogP contribution is 2.25. The van der Waals surface area contributed by atoms with Crippen LogP contribution in [-0.2, 0) is 4.79 Å². The van der Waals surface area contributed by atoms with Gasteiger partial charge in [-0.15, -0.1) is 0 Å². The molecule has 5 nitrogen and oxygen atoms in total. The molecule has 26 heavy (non-hydrogen) atoms. The molecule has 1 heterocycles. The van der Waals surface area contributed by atoms with Gasteiger partial charge in [-0.1, -0.05) is 18.2 Å². The summed E-state index contributed by atoms with van der Waals surface area (Å²) in [5.41, 5.74) is 1.67. The van der Waals surface area contributed by atoms with E-state index in [0.717, 1.165) is 12.1 Å². The maximum atomic E-state index is 13.4. The van der Waals surface area contributed by atoms with Gasteiger partial charge >= 0.3 is 12.0 Å². The van der Waals surface area contributed by atoms with Crippen molar-refractivity contribution < 1.29 is 23.5 Å². The largest absolute Gasteiger partial charge is 0.481 e. The Morgan fingerprint density at radius 1 is 1.00 bits per heavy atom. The van der Waals surface area contributed by atoms with Crippen molar-refractivity contribution in [2.24, 2.45) is 5.92 Å². The zero-order chi connectivity index (χ0) is 18.7. The topological polar surface area (TPSA) is 69.6 Å². The molecule has 1 fully saturated rings. The highest BCUT2D eigenvalue weighted by atomic mass is 19.2. The van der Waals surface area contributed by atoms with Gasteiger partial charge in [-0.25, -0.2) is 13.6 Å².